The van der Waals surface area contributed by atoms with Crippen LogP contribution in [0.4, 0.5) is 5.69 Å². The standard InChI is InChI=1S/C33H39N3O5/c1-20(2)21-13-15-24(16-14-21)34-30(37)27-26-17-18-33(41-26)28(27)32(39)36(19-22-9-7-8-12-25(22)40-3)29(33)31(38)35-23-10-5-4-6-11-23/h7-9,12-18,20,23,26-29H,4-6,10-11,19H2,1-3H3,(H,34,37)(H,35,38)/t26-,27-,28-,29+,33+/m1/s1. The SMILES string of the molecule is COc1ccccc1CN1C(=O)[C@H]2[C@H](C(=O)Nc3ccc(C(C)C)cc3)[C@H]3C=C[C@@]2(O3)[C@@H]1C(=O)NC1CCCCC1. The molecule has 0 unspecified atom stereocenters. The molecular formula is C33H39N3O5. The van der Waals surface area contributed by atoms with Gasteiger partial charge in [0, 0.05) is 17.3 Å². The highest BCUT2D eigenvalue weighted by molar-refractivity contribution is 6.02. The summed E-state index contributed by atoms with van der Waals surface area (Å²) in [5.74, 6) is -1.27. The minimum atomic E-state index is -1.20. The van der Waals surface area contributed by atoms with E-state index in [4.69, 9.17) is 9.47 Å². The summed E-state index contributed by atoms with van der Waals surface area (Å²) in [7, 11) is 1.59. The van der Waals surface area contributed by atoms with Crippen LogP contribution in [0, 0.1) is 11.8 Å². The third kappa shape index (κ3) is 4.82. The van der Waals surface area contributed by atoms with Crippen molar-refractivity contribution in [1.29, 1.82) is 0 Å². The number of carbonyl (C=O) groups is 3. The van der Waals surface area contributed by atoms with Gasteiger partial charge < -0.3 is 25.0 Å². The van der Waals surface area contributed by atoms with Gasteiger partial charge in [-0.25, -0.2) is 0 Å². The molecule has 1 saturated carbocycles. The summed E-state index contributed by atoms with van der Waals surface area (Å²) in [6, 6.07) is 14.5. The van der Waals surface area contributed by atoms with E-state index in [1.807, 2.05) is 60.7 Å². The van der Waals surface area contributed by atoms with Crippen molar-refractivity contribution in [2.75, 3.05) is 12.4 Å². The highest BCUT2D eigenvalue weighted by atomic mass is 16.5. The van der Waals surface area contributed by atoms with E-state index in [1.165, 1.54) is 12.0 Å². The van der Waals surface area contributed by atoms with Crippen LogP contribution in [-0.4, -0.2) is 53.5 Å². The molecule has 1 aliphatic carbocycles. The fourth-order valence-corrected chi connectivity index (χ4v) is 7.16. The van der Waals surface area contributed by atoms with Gasteiger partial charge in [-0.1, -0.05) is 75.6 Å². The first kappa shape index (κ1) is 27.5. The third-order valence-electron chi connectivity index (χ3n) is 9.25. The molecular weight excluding hydrogens is 518 g/mol. The van der Waals surface area contributed by atoms with E-state index in [0.717, 1.165) is 31.2 Å². The molecule has 3 heterocycles. The molecule has 8 heteroatoms. The van der Waals surface area contributed by atoms with Crippen LogP contribution >= 0.6 is 0 Å². The van der Waals surface area contributed by atoms with E-state index in [-0.39, 0.29) is 30.3 Å². The Morgan fingerprint density at radius 2 is 1.78 bits per heavy atom. The first-order chi connectivity index (χ1) is 19.8. The largest absolute Gasteiger partial charge is 0.496 e. The van der Waals surface area contributed by atoms with Gasteiger partial charge in [0.15, 0.2) is 0 Å². The molecule has 8 nitrogen and oxygen atoms in total. The smallest absolute Gasteiger partial charge is 0.246 e. The maximum absolute atomic E-state index is 14.3. The number of amides is 3. The number of carbonyl (C=O) groups excluding carboxylic acids is 3. The quantitative estimate of drug-likeness (QED) is 0.464. The monoisotopic (exact) mass is 557 g/mol. The number of fused-ring (bicyclic) bond motifs is 1. The van der Waals surface area contributed by atoms with Crippen LogP contribution in [0.3, 0.4) is 0 Å². The van der Waals surface area contributed by atoms with Gasteiger partial charge in [0.1, 0.15) is 17.4 Å². The lowest BCUT2D eigenvalue weighted by atomic mass is 9.74. The fraction of sp³-hybridized carbons (Fsp3) is 0.485. The van der Waals surface area contributed by atoms with E-state index in [1.54, 1.807) is 12.0 Å². The number of para-hydroxylation sites is 1. The molecule has 0 aromatic heterocycles. The number of ether oxygens (including phenoxy) is 2. The Morgan fingerprint density at radius 3 is 2.49 bits per heavy atom. The van der Waals surface area contributed by atoms with Gasteiger partial charge in [-0.3, -0.25) is 14.4 Å². The number of hydrogen-bond donors (Lipinski definition) is 2. The predicted octanol–water partition coefficient (Wildman–Crippen LogP) is 4.56. The van der Waals surface area contributed by atoms with Crippen LogP contribution in [0.2, 0.25) is 0 Å². The molecule has 4 aliphatic rings. The van der Waals surface area contributed by atoms with E-state index in [0.29, 0.717) is 17.4 Å². The topological polar surface area (TPSA) is 97.0 Å². The average molecular weight is 558 g/mol. The third-order valence-corrected chi connectivity index (χ3v) is 9.25. The lowest BCUT2D eigenvalue weighted by Crippen LogP contribution is -2.56. The highest BCUT2D eigenvalue weighted by Crippen LogP contribution is 2.55. The van der Waals surface area contributed by atoms with Crippen LogP contribution in [-0.2, 0) is 25.7 Å². The summed E-state index contributed by atoms with van der Waals surface area (Å²) in [6.07, 6.45) is 8.31. The Hall–Kier alpha value is -3.65. The lowest BCUT2D eigenvalue weighted by Gasteiger charge is -2.34. The van der Waals surface area contributed by atoms with Crippen LogP contribution in [0.5, 0.6) is 5.75 Å². The average Bonchev–Trinajstić information content (AvgIpc) is 3.61. The Morgan fingerprint density at radius 1 is 1.05 bits per heavy atom. The Bertz CT molecular complexity index is 1350. The molecule has 3 aliphatic heterocycles. The predicted molar refractivity (Wildman–Crippen MR) is 155 cm³/mol. The maximum atomic E-state index is 14.3. The highest BCUT2D eigenvalue weighted by Gasteiger charge is 2.72. The number of nitrogens with one attached hydrogen (secondary N) is 2. The van der Waals surface area contributed by atoms with Crippen molar-refractivity contribution in [2.24, 2.45) is 11.8 Å². The number of hydrogen-bond acceptors (Lipinski definition) is 5. The second-order valence-corrected chi connectivity index (χ2v) is 12.1. The van der Waals surface area contributed by atoms with Crippen LogP contribution < -0.4 is 15.4 Å². The van der Waals surface area contributed by atoms with E-state index >= 15 is 0 Å². The molecule has 2 bridgehead atoms. The number of likely N-dealkylation sites (tertiary alicyclic amines) is 1. The van der Waals surface area contributed by atoms with E-state index in [2.05, 4.69) is 24.5 Å². The second-order valence-electron chi connectivity index (χ2n) is 12.1. The van der Waals surface area contributed by atoms with Crippen molar-refractivity contribution in [3.8, 4) is 5.75 Å². The van der Waals surface area contributed by atoms with E-state index in [9.17, 15) is 14.4 Å². The molecule has 2 aromatic rings. The zero-order valence-corrected chi connectivity index (χ0v) is 24.0. The zero-order valence-electron chi connectivity index (χ0n) is 24.0. The van der Waals surface area contributed by atoms with Gasteiger partial charge >= 0.3 is 0 Å². The Balaban J connectivity index is 1.31. The number of nitrogens with zero attached hydrogens (tertiary/aromatic N) is 1. The molecule has 2 saturated heterocycles. The molecule has 6 rings (SSSR count). The zero-order chi connectivity index (χ0) is 28.7. The van der Waals surface area contributed by atoms with Crippen LogP contribution in [0.25, 0.3) is 0 Å². The van der Waals surface area contributed by atoms with Gasteiger partial charge in [0.25, 0.3) is 0 Å². The molecule has 0 radical (unpaired) electrons. The normalized spacial score (nSPS) is 28.7. The minimum Gasteiger partial charge on any atom is -0.496 e. The summed E-state index contributed by atoms with van der Waals surface area (Å²) in [4.78, 5) is 43.7. The summed E-state index contributed by atoms with van der Waals surface area (Å²) in [6.45, 7) is 4.42. The Labute approximate surface area is 241 Å². The van der Waals surface area contributed by atoms with Crippen molar-refractivity contribution < 1.29 is 23.9 Å². The fourth-order valence-electron chi connectivity index (χ4n) is 7.16. The number of anilines is 1. The maximum Gasteiger partial charge on any atom is 0.246 e. The van der Waals surface area contributed by atoms with Crippen molar-refractivity contribution >= 4 is 23.4 Å². The lowest BCUT2D eigenvalue weighted by molar-refractivity contribution is -0.142. The van der Waals surface area contributed by atoms with Crippen molar-refractivity contribution in [2.45, 2.75) is 82.2 Å². The summed E-state index contributed by atoms with van der Waals surface area (Å²) in [5.41, 5.74) is 1.44. The van der Waals surface area contributed by atoms with Crippen molar-refractivity contribution in [3.63, 3.8) is 0 Å². The first-order valence-electron chi connectivity index (χ1n) is 14.8. The van der Waals surface area contributed by atoms with Crippen molar-refractivity contribution in [1.82, 2.24) is 10.2 Å². The van der Waals surface area contributed by atoms with Gasteiger partial charge in [0.2, 0.25) is 17.7 Å². The molecule has 5 atom stereocenters. The molecule has 41 heavy (non-hydrogen) atoms. The van der Waals surface area contributed by atoms with Gasteiger partial charge in [-0.15, -0.1) is 0 Å². The minimum absolute atomic E-state index is 0.0744. The van der Waals surface area contributed by atoms with Gasteiger partial charge in [0.05, 0.1) is 31.6 Å². The molecule has 2 N–H and O–H groups in total. The molecule has 3 fully saturated rings. The molecule has 1 spiro atoms. The van der Waals surface area contributed by atoms with Crippen LogP contribution in [0.15, 0.2) is 60.7 Å². The summed E-state index contributed by atoms with van der Waals surface area (Å²) < 4.78 is 12.1. The van der Waals surface area contributed by atoms with Crippen molar-refractivity contribution in [3.05, 3.63) is 71.8 Å². The molecule has 2 aromatic carbocycles. The number of rotatable bonds is 8. The van der Waals surface area contributed by atoms with Crippen LogP contribution in [0.1, 0.15) is 63.0 Å². The van der Waals surface area contributed by atoms with Gasteiger partial charge in [-0.2, -0.15) is 0 Å². The first-order valence-corrected chi connectivity index (χ1v) is 14.8. The Kier molecular flexibility index (Phi) is 7.36. The second kappa shape index (κ2) is 11.0. The number of methoxy groups -OCH3 is 1. The molecule has 3 amide bonds. The van der Waals surface area contributed by atoms with Gasteiger partial charge in [-0.05, 0) is 42.5 Å². The van der Waals surface area contributed by atoms with E-state index < -0.39 is 29.6 Å². The summed E-state index contributed by atoms with van der Waals surface area (Å²) in [5, 5.41) is 6.25. The number of benzene rings is 2. The molecule has 216 valence electrons. The summed E-state index contributed by atoms with van der Waals surface area (Å²) >= 11 is 0.